The van der Waals surface area contributed by atoms with E-state index in [1.54, 1.807) is 7.11 Å². The van der Waals surface area contributed by atoms with Gasteiger partial charge in [0.15, 0.2) is 5.78 Å². The van der Waals surface area contributed by atoms with Crippen molar-refractivity contribution in [2.45, 2.75) is 31.3 Å². The normalized spacial score (nSPS) is 24.7. The average Bonchev–Trinajstić information content (AvgIpc) is 2.55. The monoisotopic (exact) mass is 290 g/mol. The third-order valence-electron chi connectivity index (χ3n) is 4.64. The van der Waals surface area contributed by atoms with Gasteiger partial charge in [0, 0.05) is 31.3 Å². The Morgan fingerprint density at radius 1 is 1.19 bits per heavy atom. The molecular weight excluding hydrogens is 268 g/mol. The van der Waals surface area contributed by atoms with E-state index in [0.29, 0.717) is 6.61 Å². The lowest BCUT2D eigenvalue weighted by atomic mass is 9.78. The summed E-state index contributed by atoms with van der Waals surface area (Å²) in [7, 11) is 1.63. The lowest BCUT2D eigenvalue weighted by Crippen LogP contribution is -2.45. The highest BCUT2D eigenvalue weighted by molar-refractivity contribution is 5.98. The number of benzene rings is 1. The number of ether oxygens (including phenoxy) is 3. The maximum absolute atomic E-state index is 12.7. The van der Waals surface area contributed by atoms with E-state index in [2.05, 4.69) is 0 Å². The summed E-state index contributed by atoms with van der Waals surface area (Å²) in [6.45, 7) is 2.15. The first-order valence-corrected chi connectivity index (χ1v) is 7.62. The first-order chi connectivity index (χ1) is 10.2. The zero-order chi connectivity index (χ0) is 14.7. The Morgan fingerprint density at radius 2 is 1.90 bits per heavy atom. The molecule has 0 saturated carbocycles. The van der Waals surface area contributed by atoms with E-state index in [-0.39, 0.29) is 17.3 Å². The molecule has 4 heteroatoms. The van der Waals surface area contributed by atoms with Gasteiger partial charge in [0.05, 0.1) is 12.7 Å². The molecule has 1 aromatic rings. The van der Waals surface area contributed by atoms with Crippen molar-refractivity contribution in [1.82, 2.24) is 0 Å². The quantitative estimate of drug-likeness (QED) is 0.803. The summed E-state index contributed by atoms with van der Waals surface area (Å²) >= 11 is 0. The van der Waals surface area contributed by atoms with Gasteiger partial charge in [0.2, 0.25) is 0 Å². The Morgan fingerprint density at radius 3 is 2.57 bits per heavy atom. The van der Waals surface area contributed by atoms with Gasteiger partial charge in [-0.15, -0.1) is 0 Å². The minimum Gasteiger partial charge on any atom is -0.497 e. The van der Waals surface area contributed by atoms with E-state index in [1.807, 2.05) is 24.3 Å². The molecule has 0 amide bonds. The van der Waals surface area contributed by atoms with Crippen molar-refractivity contribution in [2.24, 2.45) is 5.92 Å². The van der Waals surface area contributed by atoms with Gasteiger partial charge in [-0.1, -0.05) is 0 Å². The lowest BCUT2D eigenvalue weighted by molar-refractivity contribution is -0.142. The summed E-state index contributed by atoms with van der Waals surface area (Å²) in [4.78, 5) is 12.7. The fraction of sp³-hybridized carbons (Fsp3) is 0.588. The van der Waals surface area contributed by atoms with Gasteiger partial charge in [-0.3, -0.25) is 4.79 Å². The van der Waals surface area contributed by atoms with Gasteiger partial charge in [-0.25, -0.2) is 0 Å². The summed E-state index contributed by atoms with van der Waals surface area (Å²) in [5.74, 6) is 1.07. The number of methoxy groups -OCH3 is 1. The van der Waals surface area contributed by atoms with Crippen LogP contribution in [0.5, 0.6) is 5.75 Å². The molecule has 0 aliphatic carbocycles. The molecule has 21 heavy (non-hydrogen) atoms. The summed E-state index contributed by atoms with van der Waals surface area (Å²) < 4.78 is 16.6. The molecule has 0 bridgehead atoms. The second-order valence-electron chi connectivity index (χ2n) is 5.93. The molecule has 2 aliphatic heterocycles. The van der Waals surface area contributed by atoms with Crippen molar-refractivity contribution >= 4 is 5.78 Å². The van der Waals surface area contributed by atoms with Crippen molar-refractivity contribution in [2.75, 3.05) is 26.9 Å². The number of ketones is 1. The van der Waals surface area contributed by atoms with E-state index >= 15 is 0 Å². The minimum absolute atomic E-state index is 0.0604. The van der Waals surface area contributed by atoms with Gasteiger partial charge in [-0.2, -0.15) is 0 Å². The standard InChI is InChI=1S/C17H22O4/c1-19-15-4-2-13(3-5-15)16(18)14-6-9-21-17(12-14)7-10-20-11-8-17/h2-5,14H,6-12H2,1H3. The Balaban J connectivity index is 1.71. The molecule has 1 atom stereocenters. The molecule has 1 spiro atoms. The first kappa shape index (κ1) is 14.5. The fourth-order valence-corrected chi connectivity index (χ4v) is 3.33. The fourth-order valence-electron chi connectivity index (χ4n) is 3.33. The molecule has 3 rings (SSSR count). The zero-order valence-electron chi connectivity index (χ0n) is 12.5. The van der Waals surface area contributed by atoms with Crippen LogP contribution in [0, 0.1) is 5.92 Å². The first-order valence-electron chi connectivity index (χ1n) is 7.62. The van der Waals surface area contributed by atoms with Crippen molar-refractivity contribution in [3.8, 4) is 5.75 Å². The third kappa shape index (κ3) is 3.11. The van der Waals surface area contributed by atoms with Gasteiger partial charge in [0.1, 0.15) is 5.75 Å². The maximum atomic E-state index is 12.7. The molecule has 0 aromatic heterocycles. The molecule has 2 fully saturated rings. The number of carbonyl (C=O) groups excluding carboxylic acids is 1. The smallest absolute Gasteiger partial charge is 0.166 e. The molecule has 4 nitrogen and oxygen atoms in total. The maximum Gasteiger partial charge on any atom is 0.166 e. The van der Waals surface area contributed by atoms with Crippen LogP contribution >= 0.6 is 0 Å². The van der Waals surface area contributed by atoms with Gasteiger partial charge in [0.25, 0.3) is 0 Å². The van der Waals surface area contributed by atoms with E-state index in [0.717, 1.165) is 50.2 Å². The second kappa shape index (κ2) is 6.16. The summed E-state index contributed by atoms with van der Waals surface area (Å²) in [5.41, 5.74) is 0.633. The minimum atomic E-state index is -0.136. The van der Waals surface area contributed by atoms with Gasteiger partial charge >= 0.3 is 0 Å². The molecule has 1 aromatic carbocycles. The van der Waals surface area contributed by atoms with E-state index in [4.69, 9.17) is 14.2 Å². The lowest BCUT2D eigenvalue weighted by Gasteiger charge is -2.42. The molecule has 0 radical (unpaired) electrons. The summed E-state index contributed by atoms with van der Waals surface area (Å²) in [6, 6.07) is 7.40. The SMILES string of the molecule is COc1ccc(C(=O)C2CCOC3(CCOCC3)C2)cc1. The number of rotatable bonds is 3. The molecule has 0 N–H and O–H groups in total. The van der Waals surface area contributed by atoms with Gasteiger partial charge in [-0.05, 0) is 49.9 Å². The predicted octanol–water partition coefficient (Wildman–Crippen LogP) is 2.85. The summed E-state index contributed by atoms with van der Waals surface area (Å²) in [6.07, 6.45) is 3.44. The van der Waals surface area contributed by atoms with Crippen LogP contribution in [0.25, 0.3) is 0 Å². The van der Waals surface area contributed by atoms with Crippen molar-refractivity contribution in [3.05, 3.63) is 29.8 Å². The Kier molecular flexibility index (Phi) is 4.27. The van der Waals surface area contributed by atoms with Crippen LogP contribution in [-0.2, 0) is 9.47 Å². The van der Waals surface area contributed by atoms with Crippen molar-refractivity contribution in [3.63, 3.8) is 0 Å². The van der Waals surface area contributed by atoms with Crippen molar-refractivity contribution < 1.29 is 19.0 Å². The third-order valence-corrected chi connectivity index (χ3v) is 4.64. The highest BCUT2D eigenvalue weighted by atomic mass is 16.5. The van der Waals surface area contributed by atoms with Crippen LogP contribution in [0.4, 0.5) is 0 Å². The number of carbonyl (C=O) groups is 1. The largest absolute Gasteiger partial charge is 0.497 e. The molecule has 2 saturated heterocycles. The zero-order valence-corrected chi connectivity index (χ0v) is 12.5. The topological polar surface area (TPSA) is 44.8 Å². The second-order valence-corrected chi connectivity index (χ2v) is 5.93. The molecular formula is C17H22O4. The highest BCUT2D eigenvalue weighted by Crippen LogP contribution is 2.38. The van der Waals surface area contributed by atoms with Crippen LogP contribution in [0.2, 0.25) is 0 Å². The van der Waals surface area contributed by atoms with E-state index < -0.39 is 0 Å². The van der Waals surface area contributed by atoms with Crippen LogP contribution < -0.4 is 4.74 Å². The predicted molar refractivity (Wildman–Crippen MR) is 78.8 cm³/mol. The Hall–Kier alpha value is -1.39. The number of hydrogen-bond donors (Lipinski definition) is 0. The van der Waals surface area contributed by atoms with E-state index in [9.17, 15) is 4.79 Å². The Labute approximate surface area is 125 Å². The molecule has 2 heterocycles. The molecule has 1 unspecified atom stereocenters. The summed E-state index contributed by atoms with van der Waals surface area (Å²) in [5, 5.41) is 0. The van der Waals surface area contributed by atoms with E-state index in [1.165, 1.54) is 0 Å². The molecule has 114 valence electrons. The van der Waals surface area contributed by atoms with Crippen LogP contribution in [0.3, 0.4) is 0 Å². The highest BCUT2D eigenvalue weighted by Gasteiger charge is 2.41. The van der Waals surface area contributed by atoms with Crippen LogP contribution in [0.15, 0.2) is 24.3 Å². The molecule has 2 aliphatic rings. The van der Waals surface area contributed by atoms with Crippen LogP contribution in [0.1, 0.15) is 36.0 Å². The Bertz CT molecular complexity index is 483. The van der Waals surface area contributed by atoms with Gasteiger partial charge < -0.3 is 14.2 Å². The average molecular weight is 290 g/mol. The number of Topliss-reactive ketones (excluding diaryl/α,β-unsaturated/α-hetero) is 1. The van der Waals surface area contributed by atoms with Crippen LogP contribution in [-0.4, -0.2) is 38.3 Å². The van der Waals surface area contributed by atoms with Crippen molar-refractivity contribution in [1.29, 1.82) is 0 Å². The number of hydrogen-bond acceptors (Lipinski definition) is 4.